The molecule has 1 aliphatic heterocycles. The Morgan fingerprint density at radius 1 is 1.23 bits per heavy atom. The van der Waals surface area contributed by atoms with E-state index in [1.807, 2.05) is 18.2 Å². The van der Waals surface area contributed by atoms with Gasteiger partial charge in [0.25, 0.3) is 0 Å². The SMILES string of the molecule is C[N+](CCO)(CCO)CCCN1CCOc2cc(N)ccc21. The molecule has 0 fully saturated rings. The molecule has 0 aliphatic carbocycles. The van der Waals surface area contributed by atoms with Crippen LogP contribution in [0.25, 0.3) is 0 Å². The van der Waals surface area contributed by atoms with Crippen LogP contribution in [0.3, 0.4) is 0 Å². The van der Waals surface area contributed by atoms with Crippen LogP contribution in [0.2, 0.25) is 0 Å². The van der Waals surface area contributed by atoms with Gasteiger partial charge in [0.1, 0.15) is 25.4 Å². The predicted octanol–water partition coefficient (Wildman–Crippen LogP) is 0.289. The average Bonchev–Trinajstić information content (AvgIpc) is 2.47. The molecule has 0 saturated heterocycles. The Labute approximate surface area is 132 Å². The smallest absolute Gasteiger partial charge is 0.144 e. The molecule has 0 aromatic heterocycles. The number of benzene rings is 1. The minimum absolute atomic E-state index is 0.149. The summed E-state index contributed by atoms with van der Waals surface area (Å²) in [6, 6.07) is 5.79. The molecule has 6 nitrogen and oxygen atoms in total. The van der Waals surface area contributed by atoms with Gasteiger partial charge in [0.2, 0.25) is 0 Å². The fourth-order valence-corrected chi connectivity index (χ4v) is 2.99. The van der Waals surface area contributed by atoms with Gasteiger partial charge >= 0.3 is 0 Å². The highest BCUT2D eigenvalue weighted by atomic mass is 16.5. The fraction of sp³-hybridized carbons (Fsp3) is 0.625. The largest absolute Gasteiger partial charge is 0.489 e. The molecule has 0 atom stereocenters. The Morgan fingerprint density at radius 3 is 2.64 bits per heavy atom. The van der Waals surface area contributed by atoms with Gasteiger partial charge in [-0.2, -0.15) is 0 Å². The Hall–Kier alpha value is -1.50. The molecule has 124 valence electrons. The van der Waals surface area contributed by atoms with E-state index in [1.165, 1.54) is 0 Å². The first-order valence-corrected chi connectivity index (χ1v) is 7.90. The molecule has 2 rings (SSSR count). The zero-order chi connectivity index (χ0) is 16.0. The Balaban J connectivity index is 1.93. The number of quaternary nitrogens is 1. The minimum Gasteiger partial charge on any atom is -0.489 e. The topological polar surface area (TPSA) is 79.0 Å². The van der Waals surface area contributed by atoms with Gasteiger partial charge in [0, 0.05) is 24.7 Å². The van der Waals surface area contributed by atoms with E-state index < -0.39 is 0 Å². The second-order valence-corrected chi connectivity index (χ2v) is 6.15. The van der Waals surface area contributed by atoms with Gasteiger partial charge in [-0.05, 0) is 12.1 Å². The van der Waals surface area contributed by atoms with Crippen LogP contribution in [0.1, 0.15) is 6.42 Å². The molecule has 1 aromatic rings. The van der Waals surface area contributed by atoms with E-state index in [0.717, 1.165) is 43.2 Å². The highest BCUT2D eigenvalue weighted by Gasteiger charge is 2.22. The van der Waals surface area contributed by atoms with Crippen LogP contribution in [-0.2, 0) is 0 Å². The molecule has 0 spiro atoms. The summed E-state index contributed by atoms with van der Waals surface area (Å²) in [5.74, 6) is 0.856. The maximum absolute atomic E-state index is 9.20. The van der Waals surface area contributed by atoms with Gasteiger partial charge in [-0.1, -0.05) is 0 Å². The molecule has 0 saturated carbocycles. The Morgan fingerprint density at radius 2 is 1.95 bits per heavy atom. The van der Waals surface area contributed by atoms with Crippen molar-refractivity contribution in [2.75, 3.05) is 70.2 Å². The summed E-state index contributed by atoms with van der Waals surface area (Å²) in [5, 5.41) is 18.4. The van der Waals surface area contributed by atoms with E-state index in [9.17, 15) is 10.2 Å². The van der Waals surface area contributed by atoms with Crippen molar-refractivity contribution in [3.8, 4) is 5.75 Å². The van der Waals surface area contributed by atoms with Gasteiger partial charge < -0.3 is 30.1 Å². The highest BCUT2D eigenvalue weighted by Crippen LogP contribution is 2.33. The summed E-state index contributed by atoms with van der Waals surface area (Å²) in [6.45, 7) is 5.07. The summed E-state index contributed by atoms with van der Waals surface area (Å²) in [5.41, 5.74) is 7.62. The van der Waals surface area contributed by atoms with Crippen molar-refractivity contribution in [1.82, 2.24) is 0 Å². The molecule has 0 radical (unpaired) electrons. The first-order valence-electron chi connectivity index (χ1n) is 7.90. The normalized spacial score (nSPS) is 14.6. The number of aliphatic hydroxyl groups is 2. The van der Waals surface area contributed by atoms with Crippen LogP contribution in [-0.4, -0.2) is 74.3 Å². The third-order valence-electron chi connectivity index (χ3n) is 4.35. The summed E-state index contributed by atoms with van der Waals surface area (Å²) < 4.78 is 6.37. The molecular formula is C16H28N3O3+. The van der Waals surface area contributed by atoms with Crippen molar-refractivity contribution < 1.29 is 19.4 Å². The zero-order valence-corrected chi connectivity index (χ0v) is 13.4. The third kappa shape index (κ3) is 4.25. The predicted molar refractivity (Wildman–Crippen MR) is 88.1 cm³/mol. The standard InChI is InChI=1S/C16H28N3O3/c1-19(8-10-20,9-11-21)7-2-5-18-6-12-22-16-13-14(17)3-4-15(16)18/h3-4,13,20-21H,2,5-12,17H2,1H3/q+1. The van der Waals surface area contributed by atoms with E-state index in [2.05, 4.69) is 11.9 Å². The first-order chi connectivity index (χ1) is 10.6. The van der Waals surface area contributed by atoms with Crippen molar-refractivity contribution in [3.63, 3.8) is 0 Å². The summed E-state index contributed by atoms with van der Waals surface area (Å²) in [4.78, 5) is 2.32. The number of rotatable bonds is 8. The number of likely N-dealkylation sites (N-methyl/N-ethyl adjacent to an activating group) is 1. The summed E-state index contributed by atoms with van der Waals surface area (Å²) in [6.07, 6.45) is 1.00. The second kappa shape index (κ2) is 7.67. The molecule has 0 bridgehead atoms. The van der Waals surface area contributed by atoms with Crippen molar-refractivity contribution in [2.45, 2.75) is 6.42 Å². The minimum atomic E-state index is 0.149. The number of anilines is 2. The first kappa shape index (κ1) is 16.9. The summed E-state index contributed by atoms with van der Waals surface area (Å²) in [7, 11) is 2.08. The molecule has 6 heteroatoms. The monoisotopic (exact) mass is 310 g/mol. The summed E-state index contributed by atoms with van der Waals surface area (Å²) >= 11 is 0. The lowest BCUT2D eigenvalue weighted by Crippen LogP contribution is -2.49. The van der Waals surface area contributed by atoms with Gasteiger partial charge in [-0.25, -0.2) is 0 Å². The van der Waals surface area contributed by atoms with Crippen LogP contribution in [0, 0.1) is 0 Å². The molecule has 0 unspecified atom stereocenters. The molecule has 1 heterocycles. The van der Waals surface area contributed by atoms with Crippen molar-refractivity contribution in [3.05, 3.63) is 18.2 Å². The Kier molecular flexibility index (Phi) is 5.88. The van der Waals surface area contributed by atoms with Crippen molar-refractivity contribution in [1.29, 1.82) is 0 Å². The lowest BCUT2D eigenvalue weighted by atomic mass is 10.2. The van der Waals surface area contributed by atoms with E-state index in [1.54, 1.807) is 0 Å². The average molecular weight is 310 g/mol. The van der Waals surface area contributed by atoms with E-state index in [4.69, 9.17) is 10.5 Å². The molecule has 4 N–H and O–H groups in total. The van der Waals surface area contributed by atoms with Crippen molar-refractivity contribution in [2.24, 2.45) is 0 Å². The van der Waals surface area contributed by atoms with Gasteiger partial charge in [-0.15, -0.1) is 0 Å². The maximum Gasteiger partial charge on any atom is 0.144 e. The fourth-order valence-electron chi connectivity index (χ4n) is 2.99. The third-order valence-corrected chi connectivity index (χ3v) is 4.35. The molecule has 0 amide bonds. The van der Waals surface area contributed by atoms with Gasteiger partial charge in [0.15, 0.2) is 0 Å². The number of nitrogens with two attached hydrogens (primary N) is 1. The van der Waals surface area contributed by atoms with Crippen LogP contribution in [0.4, 0.5) is 11.4 Å². The quantitative estimate of drug-likeness (QED) is 0.475. The van der Waals surface area contributed by atoms with Crippen LogP contribution in [0.15, 0.2) is 18.2 Å². The molecular weight excluding hydrogens is 282 g/mol. The lowest BCUT2D eigenvalue weighted by Gasteiger charge is -2.35. The molecule has 1 aliphatic rings. The van der Waals surface area contributed by atoms with Crippen LogP contribution >= 0.6 is 0 Å². The maximum atomic E-state index is 9.20. The number of ether oxygens (including phenoxy) is 1. The number of fused-ring (bicyclic) bond motifs is 1. The van der Waals surface area contributed by atoms with Gasteiger partial charge in [-0.3, -0.25) is 0 Å². The van der Waals surface area contributed by atoms with Gasteiger partial charge in [0.05, 0.1) is 39.0 Å². The van der Waals surface area contributed by atoms with Crippen LogP contribution < -0.4 is 15.4 Å². The number of aliphatic hydroxyl groups excluding tert-OH is 2. The zero-order valence-electron chi connectivity index (χ0n) is 13.4. The number of hydrogen-bond acceptors (Lipinski definition) is 5. The number of nitrogens with zero attached hydrogens (tertiary/aromatic N) is 2. The molecule has 22 heavy (non-hydrogen) atoms. The Bertz CT molecular complexity index is 476. The lowest BCUT2D eigenvalue weighted by molar-refractivity contribution is -0.910. The highest BCUT2D eigenvalue weighted by molar-refractivity contribution is 5.64. The van der Waals surface area contributed by atoms with Crippen LogP contribution in [0.5, 0.6) is 5.75 Å². The van der Waals surface area contributed by atoms with E-state index in [-0.39, 0.29) is 13.2 Å². The van der Waals surface area contributed by atoms with E-state index in [0.29, 0.717) is 24.2 Å². The molecule has 1 aromatic carbocycles. The number of nitrogen functional groups attached to an aromatic ring is 1. The van der Waals surface area contributed by atoms with E-state index >= 15 is 0 Å². The second-order valence-electron chi connectivity index (χ2n) is 6.15. The van der Waals surface area contributed by atoms with Crippen molar-refractivity contribution >= 4 is 11.4 Å². The number of hydrogen-bond donors (Lipinski definition) is 3.